The zero-order valence-electron chi connectivity index (χ0n) is 18.8. The molecular formula is C25H32N2O4S. The Hall–Kier alpha value is -2.38. The van der Waals surface area contributed by atoms with E-state index in [9.17, 15) is 13.2 Å². The molecule has 172 valence electrons. The average Bonchev–Trinajstić information content (AvgIpc) is 3.34. The van der Waals surface area contributed by atoms with Crippen molar-refractivity contribution in [1.29, 1.82) is 0 Å². The number of carbonyl (C=O) groups is 1. The summed E-state index contributed by atoms with van der Waals surface area (Å²) in [6.07, 6.45) is 5.52. The maximum atomic E-state index is 12.9. The molecule has 6 nitrogen and oxygen atoms in total. The molecule has 2 heterocycles. The first-order valence-corrected chi connectivity index (χ1v) is 13.0. The molecule has 2 aromatic carbocycles. The maximum Gasteiger partial charge on any atom is 0.243 e. The van der Waals surface area contributed by atoms with Crippen molar-refractivity contribution in [2.24, 2.45) is 0 Å². The fourth-order valence-corrected chi connectivity index (χ4v) is 6.05. The fourth-order valence-electron chi connectivity index (χ4n) is 4.48. The standard InChI is InChI=1S/C25H32N2O4S/c1-20-8-6-10-22(18-20)31-17-5-2-11-25(28)27-16-7-9-21-19-23(12-13-24(21)27)32(29,30)26-14-3-4-15-26/h6,8,10,12-13,18-19H,2-5,7,9,11,14-17H2,1H3. The third-order valence-electron chi connectivity index (χ3n) is 6.22. The molecule has 0 unspecified atom stereocenters. The van der Waals surface area contributed by atoms with E-state index in [1.807, 2.05) is 42.2 Å². The van der Waals surface area contributed by atoms with Crippen LogP contribution in [0.4, 0.5) is 5.69 Å². The van der Waals surface area contributed by atoms with Crippen LogP contribution in [-0.4, -0.2) is 44.9 Å². The Morgan fingerprint density at radius 2 is 1.81 bits per heavy atom. The highest BCUT2D eigenvalue weighted by molar-refractivity contribution is 7.89. The van der Waals surface area contributed by atoms with Gasteiger partial charge in [0.25, 0.3) is 0 Å². The molecular weight excluding hydrogens is 424 g/mol. The monoisotopic (exact) mass is 456 g/mol. The van der Waals surface area contributed by atoms with Crippen molar-refractivity contribution in [3.63, 3.8) is 0 Å². The van der Waals surface area contributed by atoms with Crippen LogP contribution in [0.2, 0.25) is 0 Å². The zero-order valence-corrected chi connectivity index (χ0v) is 19.6. The number of hydrogen-bond donors (Lipinski definition) is 0. The SMILES string of the molecule is Cc1cccc(OCCCCC(=O)N2CCCc3cc(S(=O)(=O)N4CCCC4)ccc32)c1. The number of carbonyl (C=O) groups excluding carboxylic acids is 1. The third-order valence-corrected chi connectivity index (χ3v) is 8.11. The van der Waals surface area contributed by atoms with Gasteiger partial charge in [-0.1, -0.05) is 12.1 Å². The van der Waals surface area contributed by atoms with Gasteiger partial charge in [0.15, 0.2) is 0 Å². The summed E-state index contributed by atoms with van der Waals surface area (Å²) in [5.74, 6) is 0.956. The van der Waals surface area contributed by atoms with Gasteiger partial charge in [0.1, 0.15) is 5.75 Å². The molecule has 2 aliphatic heterocycles. The minimum absolute atomic E-state index is 0.0941. The van der Waals surface area contributed by atoms with Crippen molar-refractivity contribution in [3.05, 3.63) is 53.6 Å². The molecule has 0 radical (unpaired) electrons. The summed E-state index contributed by atoms with van der Waals surface area (Å²) >= 11 is 0. The first kappa shape index (κ1) is 22.8. The van der Waals surface area contributed by atoms with Crippen molar-refractivity contribution in [2.45, 2.75) is 56.8 Å². The Balaban J connectivity index is 1.33. The molecule has 7 heteroatoms. The van der Waals surface area contributed by atoms with Gasteiger partial charge in [-0.25, -0.2) is 8.42 Å². The van der Waals surface area contributed by atoms with E-state index in [-0.39, 0.29) is 5.91 Å². The number of unbranched alkanes of at least 4 members (excludes halogenated alkanes) is 1. The lowest BCUT2D eigenvalue weighted by Gasteiger charge is -2.30. The molecule has 2 aliphatic rings. The van der Waals surface area contributed by atoms with Gasteiger partial charge in [-0.15, -0.1) is 0 Å². The van der Waals surface area contributed by atoms with Crippen LogP contribution in [0.5, 0.6) is 5.75 Å². The maximum absolute atomic E-state index is 12.9. The van der Waals surface area contributed by atoms with Crippen LogP contribution in [-0.2, 0) is 21.2 Å². The van der Waals surface area contributed by atoms with Crippen molar-refractivity contribution in [1.82, 2.24) is 4.31 Å². The number of nitrogens with zero attached hydrogens (tertiary/aromatic N) is 2. The number of ether oxygens (including phenoxy) is 1. The number of hydrogen-bond acceptors (Lipinski definition) is 4. The van der Waals surface area contributed by atoms with Crippen LogP contribution in [0.3, 0.4) is 0 Å². The molecule has 1 fully saturated rings. The zero-order chi connectivity index (χ0) is 22.6. The number of anilines is 1. The van der Waals surface area contributed by atoms with Crippen molar-refractivity contribution in [2.75, 3.05) is 31.1 Å². The van der Waals surface area contributed by atoms with E-state index < -0.39 is 10.0 Å². The predicted octanol–water partition coefficient (Wildman–Crippen LogP) is 4.31. The predicted molar refractivity (Wildman–Crippen MR) is 126 cm³/mol. The molecule has 0 aromatic heterocycles. The number of benzene rings is 2. The lowest BCUT2D eigenvalue weighted by molar-refractivity contribution is -0.118. The topological polar surface area (TPSA) is 66.9 Å². The summed E-state index contributed by atoms with van der Waals surface area (Å²) < 4.78 is 33.1. The second kappa shape index (κ2) is 10.0. The van der Waals surface area contributed by atoms with Gasteiger partial charge in [-0.2, -0.15) is 4.31 Å². The van der Waals surface area contributed by atoms with Gasteiger partial charge >= 0.3 is 0 Å². The summed E-state index contributed by atoms with van der Waals surface area (Å²) in [5.41, 5.74) is 2.98. The smallest absolute Gasteiger partial charge is 0.243 e. The van der Waals surface area contributed by atoms with Crippen LogP contribution in [0, 0.1) is 6.92 Å². The van der Waals surface area contributed by atoms with E-state index in [2.05, 4.69) is 0 Å². The van der Waals surface area contributed by atoms with Gasteiger partial charge in [-0.05, 0) is 86.9 Å². The first-order chi connectivity index (χ1) is 15.4. The second-order valence-electron chi connectivity index (χ2n) is 8.67. The number of aryl methyl sites for hydroxylation is 2. The van der Waals surface area contributed by atoms with E-state index in [0.29, 0.717) is 37.6 Å². The minimum Gasteiger partial charge on any atom is -0.494 e. The van der Waals surface area contributed by atoms with Gasteiger partial charge < -0.3 is 9.64 Å². The summed E-state index contributed by atoms with van der Waals surface area (Å²) in [4.78, 5) is 15.1. The highest BCUT2D eigenvalue weighted by atomic mass is 32.2. The molecule has 0 N–H and O–H groups in total. The molecule has 32 heavy (non-hydrogen) atoms. The lowest BCUT2D eigenvalue weighted by Crippen LogP contribution is -2.35. The van der Waals surface area contributed by atoms with Gasteiger partial charge in [0, 0.05) is 31.7 Å². The Bertz CT molecular complexity index is 1060. The first-order valence-electron chi connectivity index (χ1n) is 11.6. The number of fused-ring (bicyclic) bond motifs is 1. The highest BCUT2D eigenvalue weighted by Crippen LogP contribution is 2.31. The van der Waals surface area contributed by atoms with Crippen LogP contribution in [0.1, 0.15) is 49.7 Å². The Morgan fingerprint density at radius 1 is 1.00 bits per heavy atom. The van der Waals surface area contributed by atoms with E-state index in [1.54, 1.807) is 16.4 Å². The van der Waals surface area contributed by atoms with Gasteiger partial charge in [0.05, 0.1) is 11.5 Å². The van der Waals surface area contributed by atoms with E-state index in [1.165, 1.54) is 0 Å². The summed E-state index contributed by atoms with van der Waals surface area (Å²) in [6.45, 7) is 4.50. The van der Waals surface area contributed by atoms with Crippen LogP contribution in [0.25, 0.3) is 0 Å². The number of sulfonamides is 1. The van der Waals surface area contributed by atoms with Crippen LogP contribution < -0.4 is 9.64 Å². The molecule has 0 spiro atoms. The molecule has 1 amide bonds. The molecule has 0 saturated carbocycles. The molecule has 0 atom stereocenters. The second-order valence-corrected chi connectivity index (χ2v) is 10.6. The largest absolute Gasteiger partial charge is 0.494 e. The molecule has 1 saturated heterocycles. The number of rotatable bonds is 8. The van der Waals surface area contributed by atoms with Crippen LogP contribution >= 0.6 is 0 Å². The molecule has 4 rings (SSSR count). The van der Waals surface area contributed by atoms with Gasteiger partial charge in [-0.3, -0.25) is 4.79 Å². The summed E-state index contributed by atoms with van der Waals surface area (Å²) in [6, 6.07) is 13.2. The Kier molecular flexibility index (Phi) is 7.16. The van der Waals surface area contributed by atoms with Crippen molar-refractivity contribution < 1.29 is 17.9 Å². The van der Waals surface area contributed by atoms with Gasteiger partial charge in [0.2, 0.25) is 15.9 Å². The average molecular weight is 457 g/mol. The van der Waals surface area contributed by atoms with Crippen molar-refractivity contribution >= 4 is 21.6 Å². The minimum atomic E-state index is -3.44. The Labute approximate surface area is 191 Å². The van der Waals surface area contributed by atoms with E-state index in [0.717, 1.165) is 61.1 Å². The fraction of sp³-hybridized carbons (Fsp3) is 0.480. The van der Waals surface area contributed by atoms with Crippen LogP contribution in [0.15, 0.2) is 47.4 Å². The van der Waals surface area contributed by atoms with E-state index in [4.69, 9.17) is 4.74 Å². The van der Waals surface area contributed by atoms with E-state index >= 15 is 0 Å². The lowest BCUT2D eigenvalue weighted by atomic mass is 10.0. The summed E-state index contributed by atoms with van der Waals surface area (Å²) in [5, 5.41) is 0. The molecule has 2 aromatic rings. The molecule has 0 bridgehead atoms. The Morgan fingerprint density at radius 3 is 2.59 bits per heavy atom. The highest BCUT2D eigenvalue weighted by Gasteiger charge is 2.29. The van der Waals surface area contributed by atoms with Crippen molar-refractivity contribution in [3.8, 4) is 5.75 Å². The quantitative estimate of drug-likeness (QED) is 0.555. The third kappa shape index (κ3) is 5.15. The number of amides is 1. The molecule has 0 aliphatic carbocycles. The normalized spacial score (nSPS) is 16.7. The summed E-state index contributed by atoms with van der Waals surface area (Å²) in [7, 11) is -3.44.